The average Bonchev–Trinajstić information content (AvgIpc) is 3.62. The van der Waals surface area contributed by atoms with E-state index in [9.17, 15) is 13.6 Å². The second-order valence-electron chi connectivity index (χ2n) is 8.19. The monoisotopic (exact) mass is 407 g/mol. The second-order valence-corrected chi connectivity index (χ2v) is 8.19. The highest BCUT2D eigenvalue weighted by Crippen LogP contribution is 2.47. The molecule has 154 valence electrons. The minimum Gasteiger partial charge on any atom is -0.338 e. The smallest absolute Gasteiger partial charge is 0.210 e. The van der Waals surface area contributed by atoms with E-state index in [1.54, 1.807) is 6.20 Å². The highest BCUT2D eigenvalue weighted by molar-refractivity contribution is 5.98. The summed E-state index contributed by atoms with van der Waals surface area (Å²) in [6, 6.07) is 10.2. The van der Waals surface area contributed by atoms with Gasteiger partial charge in [-0.15, -0.1) is 0 Å². The molecule has 1 unspecified atom stereocenters. The Balaban J connectivity index is 1.67. The van der Waals surface area contributed by atoms with Gasteiger partial charge in [-0.25, -0.2) is 13.8 Å². The van der Waals surface area contributed by atoms with Gasteiger partial charge in [-0.2, -0.15) is 0 Å². The Labute approximate surface area is 173 Å². The van der Waals surface area contributed by atoms with E-state index in [4.69, 9.17) is 0 Å². The zero-order chi connectivity index (χ0) is 20.7. The summed E-state index contributed by atoms with van der Waals surface area (Å²) in [5.74, 6) is -0.825. The van der Waals surface area contributed by atoms with E-state index in [1.165, 1.54) is 17.7 Å². The average molecular weight is 407 g/mol. The van der Waals surface area contributed by atoms with E-state index in [1.807, 2.05) is 17.0 Å². The maximum atomic E-state index is 14.3. The normalized spacial score (nSPS) is 19.1. The van der Waals surface area contributed by atoms with Crippen LogP contribution >= 0.6 is 0 Å². The number of amides is 1. The molecule has 1 aromatic heterocycles. The topological polar surface area (TPSA) is 45.2 Å². The van der Waals surface area contributed by atoms with E-state index in [0.717, 1.165) is 67.5 Å². The molecule has 0 spiro atoms. The fraction of sp³-hybridized carbons (Fsp3) is 0.333. The summed E-state index contributed by atoms with van der Waals surface area (Å²) in [5, 5.41) is 4.95. The molecule has 6 heteroatoms. The van der Waals surface area contributed by atoms with E-state index in [-0.39, 0.29) is 11.7 Å². The van der Waals surface area contributed by atoms with Gasteiger partial charge in [0.1, 0.15) is 5.82 Å². The first kappa shape index (κ1) is 19.0. The molecule has 1 amide bonds. The first-order chi connectivity index (χ1) is 14.7. The van der Waals surface area contributed by atoms with Crippen LogP contribution in [0.3, 0.4) is 0 Å². The van der Waals surface area contributed by atoms with Gasteiger partial charge in [0, 0.05) is 23.7 Å². The van der Waals surface area contributed by atoms with Crippen molar-refractivity contribution in [3.63, 3.8) is 0 Å². The molecule has 1 N–H and O–H groups in total. The largest absolute Gasteiger partial charge is 0.338 e. The number of hydrogen-bond acceptors (Lipinski definition) is 3. The van der Waals surface area contributed by atoms with Crippen LogP contribution in [0, 0.1) is 11.6 Å². The number of fused-ring (bicyclic) bond motifs is 1. The van der Waals surface area contributed by atoms with E-state index < -0.39 is 11.6 Å². The predicted octanol–water partition coefficient (Wildman–Crippen LogP) is 5.82. The third kappa shape index (κ3) is 3.30. The summed E-state index contributed by atoms with van der Waals surface area (Å²) >= 11 is 0. The summed E-state index contributed by atoms with van der Waals surface area (Å²) < 4.78 is 28.0. The Kier molecular flexibility index (Phi) is 4.85. The van der Waals surface area contributed by atoms with Gasteiger partial charge < -0.3 is 10.2 Å². The number of rotatable bonds is 5. The minimum atomic E-state index is -0.922. The maximum Gasteiger partial charge on any atom is 0.210 e. The number of halogens is 2. The van der Waals surface area contributed by atoms with E-state index >= 15 is 0 Å². The van der Waals surface area contributed by atoms with Crippen molar-refractivity contribution in [3.05, 3.63) is 65.4 Å². The van der Waals surface area contributed by atoms with Crippen LogP contribution in [0.2, 0.25) is 0 Å². The molecule has 1 saturated heterocycles. The van der Waals surface area contributed by atoms with Gasteiger partial charge in [0.05, 0.1) is 11.7 Å². The number of aromatic nitrogens is 1. The predicted molar refractivity (Wildman–Crippen MR) is 113 cm³/mol. The van der Waals surface area contributed by atoms with Crippen LogP contribution in [0.4, 0.5) is 20.3 Å². The lowest BCUT2D eigenvalue weighted by Gasteiger charge is -2.34. The molecule has 2 aromatic carbocycles. The van der Waals surface area contributed by atoms with Gasteiger partial charge in [-0.05, 0) is 61.1 Å². The second kappa shape index (κ2) is 7.67. The molecule has 2 fully saturated rings. The van der Waals surface area contributed by atoms with Crippen LogP contribution in [0.15, 0.2) is 42.6 Å². The lowest BCUT2D eigenvalue weighted by atomic mass is 9.90. The third-order valence-corrected chi connectivity index (χ3v) is 6.23. The molecule has 5 rings (SSSR count). The zero-order valence-corrected chi connectivity index (χ0v) is 16.6. The molecule has 1 aliphatic heterocycles. The van der Waals surface area contributed by atoms with Crippen LogP contribution in [-0.2, 0) is 4.79 Å². The van der Waals surface area contributed by atoms with Crippen molar-refractivity contribution >= 4 is 28.7 Å². The van der Waals surface area contributed by atoms with Crippen LogP contribution < -0.4 is 5.32 Å². The van der Waals surface area contributed by atoms with Gasteiger partial charge in [0.15, 0.2) is 11.6 Å². The number of likely N-dealkylation sites (tertiary alicyclic amines) is 1. The summed E-state index contributed by atoms with van der Waals surface area (Å²) in [6.07, 6.45) is 8.00. The van der Waals surface area contributed by atoms with Crippen molar-refractivity contribution in [2.24, 2.45) is 0 Å². The molecule has 30 heavy (non-hydrogen) atoms. The van der Waals surface area contributed by atoms with Gasteiger partial charge in [0.2, 0.25) is 6.41 Å². The molecule has 1 aliphatic carbocycles. The number of nitrogens with one attached hydrogen (secondary N) is 1. The lowest BCUT2D eigenvalue weighted by Crippen LogP contribution is -2.32. The molecular weight excluding hydrogens is 384 g/mol. The Morgan fingerprint density at radius 3 is 2.67 bits per heavy atom. The highest BCUT2D eigenvalue weighted by Gasteiger charge is 2.31. The van der Waals surface area contributed by atoms with Crippen molar-refractivity contribution in [1.82, 2.24) is 9.88 Å². The van der Waals surface area contributed by atoms with Crippen LogP contribution in [0.5, 0.6) is 0 Å². The minimum absolute atomic E-state index is 0.00824. The van der Waals surface area contributed by atoms with E-state index in [2.05, 4.69) is 16.4 Å². The SMILES string of the molecule is O=CN1CCCCC1c1cnc(Nc2cccc(F)c2F)c2cccc(C3CC3)c12. The molecule has 2 aliphatic rings. The molecule has 4 nitrogen and oxygen atoms in total. The molecule has 1 atom stereocenters. The number of hydrogen-bond donors (Lipinski definition) is 1. The Morgan fingerprint density at radius 2 is 1.87 bits per heavy atom. The molecular formula is C24H23F2N3O. The summed E-state index contributed by atoms with van der Waals surface area (Å²) in [4.78, 5) is 18.2. The number of nitrogens with zero attached hydrogens (tertiary/aromatic N) is 2. The lowest BCUT2D eigenvalue weighted by molar-refractivity contribution is -0.121. The summed E-state index contributed by atoms with van der Waals surface area (Å²) in [5.41, 5.74) is 2.36. The van der Waals surface area contributed by atoms with Gasteiger partial charge in [0.25, 0.3) is 0 Å². The number of carbonyl (C=O) groups excluding carboxylic acids is 1. The van der Waals surface area contributed by atoms with Gasteiger partial charge in [-0.3, -0.25) is 4.79 Å². The number of pyridine rings is 1. The van der Waals surface area contributed by atoms with Crippen molar-refractivity contribution in [3.8, 4) is 0 Å². The Morgan fingerprint density at radius 1 is 1.03 bits per heavy atom. The summed E-state index contributed by atoms with van der Waals surface area (Å²) in [7, 11) is 0. The third-order valence-electron chi connectivity index (χ3n) is 6.23. The van der Waals surface area contributed by atoms with Gasteiger partial charge >= 0.3 is 0 Å². The first-order valence-corrected chi connectivity index (χ1v) is 10.5. The number of anilines is 2. The zero-order valence-electron chi connectivity index (χ0n) is 16.6. The molecule has 3 aromatic rings. The van der Waals surface area contributed by atoms with E-state index in [0.29, 0.717) is 11.7 Å². The van der Waals surface area contributed by atoms with Crippen LogP contribution in [0.25, 0.3) is 10.8 Å². The molecule has 0 radical (unpaired) electrons. The molecule has 2 heterocycles. The Hall–Kier alpha value is -3.02. The number of benzene rings is 2. The quantitative estimate of drug-likeness (QED) is 0.542. The van der Waals surface area contributed by atoms with Crippen molar-refractivity contribution in [1.29, 1.82) is 0 Å². The fourth-order valence-corrected chi connectivity index (χ4v) is 4.59. The van der Waals surface area contributed by atoms with Crippen LogP contribution in [0.1, 0.15) is 55.2 Å². The van der Waals surface area contributed by atoms with Gasteiger partial charge in [-0.1, -0.05) is 24.3 Å². The maximum absolute atomic E-state index is 14.3. The van der Waals surface area contributed by atoms with Crippen molar-refractivity contribution < 1.29 is 13.6 Å². The first-order valence-electron chi connectivity index (χ1n) is 10.5. The number of carbonyl (C=O) groups is 1. The molecule has 0 bridgehead atoms. The highest BCUT2D eigenvalue weighted by atomic mass is 19.2. The standard InChI is InChI=1S/C24H23F2N3O/c25-19-7-4-8-20(23(19)26)28-24-17-6-3-5-16(15-10-11-15)22(17)18(13-27-24)21-9-1-2-12-29(21)14-30/h3-8,13-15,21H,1-2,9-12H2,(H,27,28). The Bertz CT molecular complexity index is 1110. The van der Waals surface area contributed by atoms with Crippen molar-refractivity contribution in [2.75, 3.05) is 11.9 Å². The van der Waals surface area contributed by atoms with Crippen molar-refractivity contribution in [2.45, 2.75) is 44.1 Å². The fourth-order valence-electron chi connectivity index (χ4n) is 4.59. The molecule has 1 saturated carbocycles. The number of piperidine rings is 1. The summed E-state index contributed by atoms with van der Waals surface area (Å²) in [6.45, 7) is 0.746. The van der Waals surface area contributed by atoms with Crippen LogP contribution in [-0.4, -0.2) is 22.8 Å².